The van der Waals surface area contributed by atoms with Gasteiger partial charge in [-0.05, 0) is 48.5 Å². The van der Waals surface area contributed by atoms with E-state index in [1.54, 1.807) is 24.3 Å². The second-order valence-corrected chi connectivity index (χ2v) is 11.4. The Morgan fingerprint density at radius 2 is 1.03 bits per heavy atom. The molecule has 0 fully saturated rings. The van der Waals surface area contributed by atoms with E-state index in [-0.39, 0.29) is 16.3 Å². The number of hydrogen-bond acceptors (Lipinski definition) is 4. The van der Waals surface area contributed by atoms with E-state index in [0.717, 1.165) is 15.9 Å². The molecule has 4 nitrogen and oxygen atoms in total. The lowest BCUT2D eigenvalue weighted by Crippen LogP contribution is -2.37. The number of amides is 1. The van der Waals surface area contributed by atoms with Gasteiger partial charge in [0.25, 0.3) is 5.91 Å². The van der Waals surface area contributed by atoms with Crippen LogP contribution in [0.4, 0.5) is 0 Å². The maximum atomic E-state index is 13.6. The van der Waals surface area contributed by atoms with Gasteiger partial charge in [-0.3, -0.25) is 4.79 Å². The maximum absolute atomic E-state index is 13.6. The Kier molecular flexibility index (Phi) is 7.71. The van der Waals surface area contributed by atoms with Crippen LogP contribution in [0.25, 0.3) is 0 Å². The molecule has 0 radical (unpaired) electrons. The minimum absolute atomic E-state index is 0.0515. The SMILES string of the molecule is COC(=O)C(=C([S-])NC(=O)c1ccccc1)[P+](c1ccccc1)(c1ccccc1)c1ccccc1. The fourth-order valence-electron chi connectivity index (χ4n) is 4.09. The van der Waals surface area contributed by atoms with Crippen molar-refractivity contribution in [3.8, 4) is 0 Å². The molecule has 0 aromatic heterocycles. The summed E-state index contributed by atoms with van der Waals surface area (Å²) in [6.07, 6.45) is 0. The zero-order valence-electron chi connectivity index (χ0n) is 19.1. The number of carbonyl (C=O) groups excluding carboxylic acids is 2. The van der Waals surface area contributed by atoms with E-state index in [1.807, 2.05) is 97.1 Å². The van der Waals surface area contributed by atoms with E-state index in [9.17, 15) is 9.59 Å². The summed E-state index contributed by atoms with van der Waals surface area (Å²) in [6, 6.07) is 38.2. The highest BCUT2D eigenvalue weighted by Crippen LogP contribution is 2.63. The summed E-state index contributed by atoms with van der Waals surface area (Å²) in [5, 5.41) is 5.90. The standard InChI is InChI=1S/C29H24NO3PS/c1-33-29(32)26(28(35)30-27(31)22-14-6-2-7-15-22)34(23-16-8-3-9-17-23,24-18-10-4-11-19-24)25-20-12-5-13-21-25/h2-21H,1H3,(H-,30,31,32,35). The Morgan fingerprint density at radius 3 is 1.40 bits per heavy atom. The Bertz CT molecular complexity index is 1230. The molecule has 174 valence electrons. The minimum Gasteiger partial charge on any atom is -0.758 e. The lowest BCUT2D eigenvalue weighted by molar-refractivity contribution is -0.135. The van der Waals surface area contributed by atoms with E-state index in [1.165, 1.54) is 7.11 Å². The topological polar surface area (TPSA) is 55.4 Å². The van der Waals surface area contributed by atoms with Crippen molar-refractivity contribution in [2.45, 2.75) is 0 Å². The summed E-state index contributed by atoms with van der Waals surface area (Å²) < 4.78 is 5.30. The van der Waals surface area contributed by atoms with Crippen LogP contribution in [0.1, 0.15) is 10.4 Å². The molecular formula is C29H24NO3PS. The number of esters is 1. The Hall–Kier alpha value is -3.79. The summed E-state index contributed by atoms with van der Waals surface area (Å²) >= 11 is 5.80. The van der Waals surface area contributed by atoms with Crippen LogP contribution in [0.2, 0.25) is 0 Å². The zero-order chi connectivity index (χ0) is 24.7. The van der Waals surface area contributed by atoms with Crippen LogP contribution in [0, 0.1) is 0 Å². The quantitative estimate of drug-likeness (QED) is 0.179. The molecule has 4 aromatic carbocycles. The molecule has 1 amide bonds. The average molecular weight is 498 g/mol. The molecule has 4 rings (SSSR count). The molecule has 1 N–H and O–H groups in total. The van der Waals surface area contributed by atoms with Crippen molar-refractivity contribution in [1.29, 1.82) is 0 Å². The third kappa shape index (κ3) is 4.88. The van der Waals surface area contributed by atoms with E-state index >= 15 is 0 Å². The van der Waals surface area contributed by atoms with Gasteiger partial charge in [0.1, 0.15) is 15.9 Å². The summed E-state index contributed by atoms with van der Waals surface area (Å²) in [5.41, 5.74) is 0.446. The second kappa shape index (κ2) is 11.1. The number of carbonyl (C=O) groups is 2. The summed E-state index contributed by atoms with van der Waals surface area (Å²) in [4.78, 5) is 26.6. The fourth-order valence-corrected chi connectivity index (χ4v) is 8.93. The molecule has 0 unspecified atom stereocenters. The first kappa shape index (κ1) is 24.3. The van der Waals surface area contributed by atoms with Crippen molar-refractivity contribution in [1.82, 2.24) is 5.32 Å². The normalized spacial score (nSPS) is 11.8. The maximum Gasteiger partial charge on any atom is 0.374 e. The summed E-state index contributed by atoms with van der Waals surface area (Å²) in [7, 11) is -1.52. The number of ether oxygens (including phenoxy) is 1. The van der Waals surface area contributed by atoms with Crippen molar-refractivity contribution < 1.29 is 14.3 Å². The Morgan fingerprint density at radius 1 is 0.657 bits per heavy atom. The first-order chi connectivity index (χ1) is 17.1. The van der Waals surface area contributed by atoms with E-state index in [2.05, 4.69) is 5.32 Å². The van der Waals surface area contributed by atoms with Gasteiger partial charge in [-0.25, -0.2) is 4.79 Å². The number of hydrogen-bond donors (Lipinski definition) is 1. The molecule has 0 heterocycles. The molecular weight excluding hydrogens is 473 g/mol. The smallest absolute Gasteiger partial charge is 0.374 e. The number of benzene rings is 4. The third-order valence-corrected chi connectivity index (χ3v) is 10.4. The van der Waals surface area contributed by atoms with Crippen LogP contribution >= 0.6 is 7.26 Å². The lowest BCUT2D eigenvalue weighted by Gasteiger charge is -2.31. The molecule has 4 aromatic rings. The van der Waals surface area contributed by atoms with Crippen LogP contribution in [-0.2, 0) is 22.2 Å². The molecule has 0 aliphatic carbocycles. The van der Waals surface area contributed by atoms with E-state index < -0.39 is 13.2 Å². The van der Waals surface area contributed by atoms with E-state index in [4.69, 9.17) is 17.4 Å². The number of methoxy groups -OCH3 is 1. The van der Waals surface area contributed by atoms with Crippen molar-refractivity contribution in [3.63, 3.8) is 0 Å². The monoisotopic (exact) mass is 497 g/mol. The van der Waals surface area contributed by atoms with Crippen LogP contribution in [0.5, 0.6) is 0 Å². The molecule has 0 saturated heterocycles. The Balaban J connectivity index is 2.06. The molecule has 0 spiro atoms. The highest BCUT2D eigenvalue weighted by Gasteiger charge is 2.53. The molecule has 0 atom stereocenters. The first-order valence-electron chi connectivity index (χ1n) is 11.0. The third-order valence-electron chi connectivity index (χ3n) is 5.62. The van der Waals surface area contributed by atoms with Crippen molar-refractivity contribution in [2.75, 3.05) is 7.11 Å². The predicted molar refractivity (Wildman–Crippen MR) is 145 cm³/mol. The molecule has 0 saturated carbocycles. The van der Waals surface area contributed by atoms with Gasteiger partial charge >= 0.3 is 5.97 Å². The number of rotatable bonds is 7. The van der Waals surface area contributed by atoms with Crippen molar-refractivity contribution in [2.24, 2.45) is 0 Å². The largest absolute Gasteiger partial charge is 0.758 e. The van der Waals surface area contributed by atoms with Gasteiger partial charge in [0.15, 0.2) is 12.6 Å². The highest BCUT2D eigenvalue weighted by atomic mass is 32.1. The van der Waals surface area contributed by atoms with Crippen molar-refractivity contribution in [3.05, 3.63) is 137 Å². The van der Waals surface area contributed by atoms with Gasteiger partial charge in [-0.2, -0.15) is 0 Å². The lowest BCUT2D eigenvalue weighted by atomic mass is 10.2. The summed E-state index contributed by atoms with van der Waals surface area (Å²) in [6.45, 7) is 0. The van der Waals surface area contributed by atoms with Gasteiger partial charge in [-0.15, -0.1) is 0 Å². The fraction of sp³-hybridized carbons (Fsp3) is 0.0345. The van der Waals surface area contributed by atoms with Gasteiger partial charge in [0.05, 0.1) is 7.11 Å². The van der Waals surface area contributed by atoms with Gasteiger partial charge in [0.2, 0.25) is 0 Å². The van der Waals surface area contributed by atoms with Gasteiger partial charge < -0.3 is 22.7 Å². The Labute approximate surface area is 211 Å². The summed E-state index contributed by atoms with van der Waals surface area (Å²) in [5.74, 6) is -0.961. The predicted octanol–water partition coefficient (Wildman–Crippen LogP) is 4.30. The minimum atomic E-state index is -2.85. The van der Waals surface area contributed by atoms with Gasteiger partial charge in [-0.1, -0.05) is 77.8 Å². The second-order valence-electron chi connectivity index (χ2n) is 7.67. The van der Waals surface area contributed by atoms with Crippen LogP contribution in [0.3, 0.4) is 0 Å². The van der Waals surface area contributed by atoms with Crippen molar-refractivity contribution >= 4 is 47.7 Å². The highest BCUT2D eigenvalue weighted by molar-refractivity contribution is 8.00. The van der Waals surface area contributed by atoms with E-state index in [0.29, 0.717) is 5.56 Å². The number of nitrogens with one attached hydrogen (secondary N) is 1. The molecule has 0 aliphatic heterocycles. The first-order valence-corrected chi connectivity index (χ1v) is 13.2. The molecule has 35 heavy (non-hydrogen) atoms. The molecule has 0 bridgehead atoms. The average Bonchev–Trinajstić information content (AvgIpc) is 2.93. The van der Waals surface area contributed by atoms with Gasteiger partial charge in [0, 0.05) is 5.56 Å². The van der Waals surface area contributed by atoms with Crippen LogP contribution < -0.4 is 21.2 Å². The van der Waals surface area contributed by atoms with Crippen LogP contribution in [-0.4, -0.2) is 19.0 Å². The molecule has 6 heteroatoms. The van der Waals surface area contributed by atoms with Crippen LogP contribution in [0.15, 0.2) is 132 Å². The molecule has 0 aliphatic rings. The zero-order valence-corrected chi connectivity index (χ0v) is 20.8.